The van der Waals surface area contributed by atoms with Gasteiger partial charge >= 0.3 is 0 Å². The molecule has 0 saturated carbocycles. The number of carbonyl (C=O) groups is 1. The molecular formula is C17H25N3O2. The maximum absolute atomic E-state index is 12.6. The third-order valence-corrected chi connectivity index (χ3v) is 4.31. The van der Waals surface area contributed by atoms with Crippen LogP contribution >= 0.6 is 0 Å². The Morgan fingerprint density at radius 2 is 2.41 bits per heavy atom. The normalized spacial score (nSPS) is 18.2. The quantitative estimate of drug-likeness (QED) is 0.868. The fourth-order valence-corrected chi connectivity index (χ4v) is 3.31. The molecule has 1 aliphatic carbocycles. The SMILES string of the molecule is CCOCC(C)NC(=O)c1cn2c3c1CCC=C3CNCC2. The number of aromatic nitrogens is 1. The van der Waals surface area contributed by atoms with E-state index in [2.05, 4.69) is 21.3 Å². The maximum Gasteiger partial charge on any atom is 0.253 e. The van der Waals surface area contributed by atoms with E-state index in [9.17, 15) is 4.79 Å². The number of ether oxygens (including phenoxy) is 1. The van der Waals surface area contributed by atoms with Gasteiger partial charge in [0, 0.05) is 44.2 Å². The predicted molar refractivity (Wildman–Crippen MR) is 87.0 cm³/mol. The number of nitrogens with zero attached hydrogens (tertiary/aromatic N) is 1. The Labute approximate surface area is 131 Å². The Morgan fingerprint density at radius 3 is 3.23 bits per heavy atom. The number of nitrogens with one attached hydrogen (secondary N) is 2. The van der Waals surface area contributed by atoms with Gasteiger partial charge in [0.2, 0.25) is 0 Å². The number of rotatable bonds is 5. The van der Waals surface area contributed by atoms with E-state index in [4.69, 9.17) is 4.74 Å². The van der Waals surface area contributed by atoms with Crippen LogP contribution in [0.2, 0.25) is 0 Å². The van der Waals surface area contributed by atoms with Crippen molar-refractivity contribution in [2.24, 2.45) is 0 Å². The zero-order valence-corrected chi connectivity index (χ0v) is 13.4. The summed E-state index contributed by atoms with van der Waals surface area (Å²) in [4.78, 5) is 12.6. The van der Waals surface area contributed by atoms with E-state index in [1.807, 2.05) is 20.0 Å². The Morgan fingerprint density at radius 1 is 1.55 bits per heavy atom. The van der Waals surface area contributed by atoms with Crippen LogP contribution in [-0.4, -0.2) is 42.8 Å². The summed E-state index contributed by atoms with van der Waals surface area (Å²) in [6.07, 6.45) is 6.30. The van der Waals surface area contributed by atoms with E-state index < -0.39 is 0 Å². The molecule has 0 fully saturated rings. The van der Waals surface area contributed by atoms with E-state index >= 15 is 0 Å². The van der Waals surface area contributed by atoms with E-state index in [1.165, 1.54) is 16.8 Å². The number of hydrogen-bond acceptors (Lipinski definition) is 3. The minimum absolute atomic E-state index is 0.0250. The Bertz CT molecular complexity index is 589. The predicted octanol–water partition coefficient (Wildman–Crippen LogP) is 1.58. The zero-order valence-electron chi connectivity index (χ0n) is 13.4. The Kier molecular flexibility index (Phi) is 4.64. The lowest BCUT2D eigenvalue weighted by atomic mass is 9.94. The van der Waals surface area contributed by atoms with Gasteiger partial charge in [0.1, 0.15) is 0 Å². The molecule has 1 aromatic heterocycles. The van der Waals surface area contributed by atoms with Crippen molar-refractivity contribution in [2.45, 2.75) is 39.3 Å². The third-order valence-electron chi connectivity index (χ3n) is 4.31. The number of carbonyl (C=O) groups excluding carboxylic acids is 1. The lowest BCUT2D eigenvalue weighted by molar-refractivity contribution is 0.0871. The van der Waals surface area contributed by atoms with Crippen molar-refractivity contribution < 1.29 is 9.53 Å². The van der Waals surface area contributed by atoms with Crippen molar-refractivity contribution >= 4 is 11.5 Å². The van der Waals surface area contributed by atoms with E-state index in [1.54, 1.807) is 0 Å². The van der Waals surface area contributed by atoms with Crippen LogP contribution < -0.4 is 10.6 Å². The van der Waals surface area contributed by atoms with Crippen LogP contribution in [0.25, 0.3) is 5.57 Å². The summed E-state index contributed by atoms with van der Waals surface area (Å²) < 4.78 is 7.62. The molecular weight excluding hydrogens is 278 g/mol. The molecule has 0 aromatic carbocycles. The lowest BCUT2D eigenvalue weighted by Crippen LogP contribution is -2.36. The summed E-state index contributed by atoms with van der Waals surface area (Å²) in [5, 5.41) is 6.50. The van der Waals surface area contributed by atoms with Crippen molar-refractivity contribution in [2.75, 3.05) is 26.3 Å². The Balaban J connectivity index is 1.82. The third kappa shape index (κ3) is 2.96. The average Bonchev–Trinajstić information content (AvgIpc) is 2.76. The van der Waals surface area contributed by atoms with Gasteiger partial charge in [-0.15, -0.1) is 0 Å². The molecule has 1 aromatic rings. The highest BCUT2D eigenvalue weighted by Crippen LogP contribution is 2.31. The fraction of sp³-hybridized carbons (Fsp3) is 0.588. The summed E-state index contributed by atoms with van der Waals surface area (Å²) in [6.45, 7) is 7.94. The highest BCUT2D eigenvalue weighted by Gasteiger charge is 2.26. The molecule has 0 radical (unpaired) electrons. The van der Waals surface area contributed by atoms with Crippen molar-refractivity contribution in [1.82, 2.24) is 15.2 Å². The van der Waals surface area contributed by atoms with Crippen molar-refractivity contribution in [3.8, 4) is 0 Å². The molecule has 1 unspecified atom stereocenters. The summed E-state index contributed by atoms with van der Waals surface area (Å²) in [6, 6.07) is 0.0274. The lowest BCUT2D eigenvalue weighted by Gasteiger charge is -2.17. The van der Waals surface area contributed by atoms with Crippen molar-refractivity contribution in [1.29, 1.82) is 0 Å². The topological polar surface area (TPSA) is 55.3 Å². The molecule has 1 amide bonds. The maximum atomic E-state index is 12.6. The van der Waals surface area contributed by atoms with Gasteiger partial charge in [-0.1, -0.05) is 6.08 Å². The van der Waals surface area contributed by atoms with Gasteiger partial charge in [-0.25, -0.2) is 0 Å². The van der Waals surface area contributed by atoms with Crippen LogP contribution in [0.1, 0.15) is 41.9 Å². The largest absolute Gasteiger partial charge is 0.380 e. The van der Waals surface area contributed by atoms with Gasteiger partial charge in [0.25, 0.3) is 5.91 Å². The fourth-order valence-electron chi connectivity index (χ4n) is 3.31. The van der Waals surface area contributed by atoms with Crippen LogP contribution in [0.4, 0.5) is 0 Å². The number of amides is 1. The van der Waals surface area contributed by atoms with Crippen LogP contribution in [-0.2, 0) is 17.7 Å². The zero-order chi connectivity index (χ0) is 15.5. The molecule has 2 N–H and O–H groups in total. The van der Waals surface area contributed by atoms with Crippen molar-refractivity contribution in [3.63, 3.8) is 0 Å². The molecule has 1 atom stereocenters. The first kappa shape index (κ1) is 15.3. The van der Waals surface area contributed by atoms with E-state index in [0.29, 0.717) is 13.2 Å². The van der Waals surface area contributed by atoms with Crippen LogP contribution in [0.15, 0.2) is 12.3 Å². The van der Waals surface area contributed by atoms with Crippen LogP contribution in [0, 0.1) is 0 Å². The molecule has 5 heteroatoms. The van der Waals surface area contributed by atoms with Crippen LogP contribution in [0.5, 0.6) is 0 Å². The standard InChI is InChI=1S/C17H25N3O2/c1-3-22-11-12(2)19-17(21)15-10-20-8-7-18-9-13-5-4-6-14(15)16(13)20/h5,10,12,18H,3-4,6-9,11H2,1-2H3,(H,19,21). The van der Waals surface area contributed by atoms with Crippen LogP contribution in [0.3, 0.4) is 0 Å². The summed E-state index contributed by atoms with van der Waals surface area (Å²) >= 11 is 0. The first-order valence-corrected chi connectivity index (χ1v) is 8.21. The van der Waals surface area contributed by atoms with Gasteiger partial charge < -0.3 is 19.9 Å². The van der Waals surface area contributed by atoms with Gasteiger partial charge in [-0.3, -0.25) is 4.79 Å². The highest BCUT2D eigenvalue weighted by atomic mass is 16.5. The summed E-state index contributed by atoms with van der Waals surface area (Å²) in [5.41, 5.74) is 4.65. The average molecular weight is 303 g/mol. The molecule has 1 aliphatic heterocycles. The molecule has 0 saturated heterocycles. The van der Waals surface area contributed by atoms with Gasteiger partial charge in [-0.05, 0) is 37.8 Å². The minimum atomic E-state index is 0.0250. The second kappa shape index (κ2) is 6.67. The number of hydrogen-bond donors (Lipinski definition) is 2. The van der Waals surface area contributed by atoms with Gasteiger partial charge in [0.15, 0.2) is 0 Å². The molecule has 5 nitrogen and oxygen atoms in total. The first-order chi connectivity index (χ1) is 10.7. The van der Waals surface area contributed by atoms with Crippen molar-refractivity contribution in [3.05, 3.63) is 29.1 Å². The second-order valence-electron chi connectivity index (χ2n) is 6.04. The summed E-state index contributed by atoms with van der Waals surface area (Å²) in [7, 11) is 0. The molecule has 0 bridgehead atoms. The molecule has 120 valence electrons. The number of allylic oxidation sites excluding steroid dienone is 1. The minimum Gasteiger partial charge on any atom is -0.380 e. The second-order valence-corrected chi connectivity index (χ2v) is 6.04. The van der Waals surface area contributed by atoms with E-state index in [0.717, 1.165) is 38.0 Å². The first-order valence-electron chi connectivity index (χ1n) is 8.21. The Hall–Kier alpha value is -1.59. The van der Waals surface area contributed by atoms with Gasteiger partial charge in [0.05, 0.1) is 12.2 Å². The monoisotopic (exact) mass is 303 g/mol. The molecule has 22 heavy (non-hydrogen) atoms. The summed E-state index contributed by atoms with van der Waals surface area (Å²) in [5.74, 6) is 0.0250. The highest BCUT2D eigenvalue weighted by molar-refractivity contribution is 5.97. The molecule has 2 aliphatic rings. The smallest absolute Gasteiger partial charge is 0.253 e. The van der Waals surface area contributed by atoms with E-state index in [-0.39, 0.29) is 11.9 Å². The molecule has 2 heterocycles. The molecule has 3 rings (SSSR count). The molecule has 0 spiro atoms. The van der Waals surface area contributed by atoms with Gasteiger partial charge in [-0.2, -0.15) is 0 Å².